The zero-order chi connectivity index (χ0) is 27.9. The maximum Gasteiger partial charge on any atom is 0.264 e. The van der Waals surface area contributed by atoms with Gasteiger partial charge in [0.2, 0.25) is 11.8 Å². The number of sulfonamides is 1. The monoisotopic (exact) mass is 595 g/mol. The van der Waals surface area contributed by atoms with E-state index in [-0.39, 0.29) is 23.0 Å². The fraction of sp³-hybridized carbons (Fsp3) is 0.259. The summed E-state index contributed by atoms with van der Waals surface area (Å²) in [5.41, 5.74) is 0.824. The molecule has 38 heavy (non-hydrogen) atoms. The molecule has 11 heteroatoms. The van der Waals surface area contributed by atoms with E-state index in [2.05, 4.69) is 5.32 Å². The maximum absolute atomic E-state index is 13.9. The van der Waals surface area contributed by atoms with Crippen LogP contribution in [0.3, 0.4) is 0 Å². The number of nitrogens with one attached hydrogen (secondary N) is 1. The normalized spacial score (nSPS) is 12.0. The molecule has 0 unspecified atom stereocenters. The summed E-state index contributed by atoms with van der Waals surface area (Å²) in [7, 11) is -4.22. The molecule has 3 rings (SSSR count). The second-order valence-corrected chi connectivity index (χ2v) is 11.5. The number of benzene rings is 3. The first-order chi connectivity index (χ1) is 18.1. The highest BCUT2D eigenvalue weighted by Gasteiger charge is 2.33. The van der Waals surface area contributed by atoms with E-state index in [1.54, 1.807) is 56.3 Å². The van der Waals surface area contributed by atoms with Crippen molar-refractivity contribution in [1.82, 2.24) is 10.2 Å². The summed E-state index contributed by atoms with van der Waals surface area (Å²) < 4.78 is 28.5. The van der Waals surface area contributed by atoms with Crippen molar-refractivity contribution in [3.8, 4) is 0 Å². The number of hydrogen-bond donors (Lipinski definition) is 1. The van der Waals surface area contributed by atoms with Gasteiger partial charge in [0.05, 0.1) is 10.6 Å². The molecule has 2 amide bonds. The number of hydrogen-bond acceptors (Lipinski definition) is 4. The molecule has 0 heterocycles. The average Bonchev–Trinajstić information content (AvgIpc) is 2.88. The Labute approximate surface area is 238 Å². The molecule has 0 aromatic heterocycles. The Morgan fingerprint density at radius 3 is 2.18 bits per heavy atom. The number of rotatable bonds is 11. The smallest absolute Gasteiger partial charge is 0.264 e. The number of amides is 2. The SMILES string of the molecule is CCNC(=O)[C@H](CC)N(Cc1ccccc1Cl)C(=O)CN(c1cccc(Cl)c1)S(=O)(=O)c1ccc(Cl)cc1. The lowest BCUT2D eigenvalue weighted by atomic mass is 10.1. The minimum absolute atomic E-state index is 0.0124. The Balaban J connectivity index is 2.07. The number of likely N-dealkylation sites (N-methyl/N-ethyl adjacent to an activating group) is 1. The van der Waals surface area contributed by atoms with Crippen molar-refractivity contribution >= 4 is 62.3 Å². The molecule has 7 nitrogen and oxygen atoms in total. The molecule has 0 aliphatic rings. The molecular weight excluding hydrogens is 569 g/mol. The van der Waals surface area contributed by atoms with Crippen LogP contribution in [0.1, 0.15) is 25.8 Å². The van der Waals surface area contributed by atoms with Crippen LogP contribution < -0.4 is 9.62 Å². The van der Waals surface area contributed by atoms with E-state index in [1.807, 2.05) is 0 Å². The van der Waals surface area contributed by atoms with E-state index in [9.17, 15) is 18.0 Å². The standard InChI is InChI=1S/C27H28Cl3N3O4S/c1-3-25(27(35)31-4-2)32(17-19-8-5-6-11-24(19)30)26(34)18-33(22-10-7-9-21(29)16-22)38(36,37)23-14-12-20(28)13-15-23/h5-16,25H,3-4,17-18H2,1-2H3,(H,31,35)/t25-/m0/s1. The molecule has 202 valence electrons. The van der Waals surface area contributed by atoms with E-state index >= 15 is 0 Å². The maximum atomic E-state index is 13.9. The van der Waals surface area contributed by atoms with Crippen molar-refractivity contribution in [3.05, 3.63) is 93.4 Å². The van der Waals surface area contributed by atoms with E-state index in [0.29, 0.717) is 33.6 Å². The number of carbonyl (C=O) groups excluding carboxylic acids is 2. The second-order valence-electron chi connectivity index (χ2n) is 8.38. The Morgan fingerprint density at radius 2 is 1.58 bits per heavy atom. The van der Waals surface area contributed by atoms with Gasteiger partial charge < -0.3 is 10.2 Å². The highest BCUT2D eigenvalue weighted by Crippen LogP contribution is 2.28. The summed E-state index contributed by atoms with van der Waals surface area (Å²) in [6.45, 7) is 3.38. The Hall–Kier alpha value is -2.78. The van der Waals surface area contributed by atoms with Crippen molar-refractivity contribution in [2.75, 3.05) is 17.4 Å². The minimum atomic E-state index is -4.22. The van der Waals surface area contributed by atoms with Crippen LogP contribution in [0.25, 0.3) is 0 Å². The van der Waals surface area contributed by atoms with Gasteiger partial charge in [-0.3, -0.25) is 13.9 Å². The van der Waals surface area contributed by atoms with Gasteiger partial charge in [0.25, 0.3) is 10.0 Å². The molecule has 0 saturated heterocycles. The molecule has 0 saturated carbocycles. The summed E-state index contributed by atoms with van der Waals surface area (Å²) in [5.74, 6) is -0.925. The van der Waals surface area contributed by atoms with E-state index in [1.165, 1.54) is 35.2 Å². The quantitative estimate of drug-likeness (QED) is 0.304. The van der Waals surface area contributed by atoms with Crippen LogP contribution in [0.2, 0.25) is 15.1 Å². The van der Waals surface area contributed by atoms with Crippen LogP contribution in [-0.2, 0) is 26.2 Å². The summed E-state index contributed by atoms with van der Waals surface area (Å²) in [4.78, 5) is 28.2. The predicted molar refractivity (Wildman–Crippen MR) is 152 cm³/mol. The first-order valence-corrected chi connectivity index (χ1v) is 14.5. The molecular formula is C27H28Cl3N3O4S. The highest BCUT2D eigenvalue weighted by molar-refractivity contribution is 7.92. The second kappa shape index (κ2) is 13.3. The molecule has 1 atom stereocenters. The van der Waals surface area contributed by atoms with Crippen molar-refractivity contribution in [2.24, 2.45) is 0 Å². The van der Waals surface area contributed by atoms with E-state index in [4.69, 9.17) is 34.8 Å². The Bertz CT molecular complexity index is 1380. The summed E-state index contributed by atoms with van der Waals surface area (Å²) in [6, 6.07) is 18.0. The lowest BCUT2D eigenvalue weighted by Gasteiger charge is -2.33. The van der Waals surface area contributed by atoms with Crippen LogP contribution in [0.4, 0.5) is 5.69 Å². The third-order valence-corrected chi connectivity index (χ3v) is 8.46. The van der Waals surface area contributed by atoms with Crippen LogP contribution in [0.5, 0.6) is 0 Å². The largest absolute Gasteiger partial charge is 0.355 e. The zero-order valence-corrected chi connectivity index (χ0v) is 24.0. The van der Waals surface area contributed by atoms with Crippen LogP contribution in [0.15, 0.2) is 77.7 Å². The molecule has 0 aliphatic heterocycles. The van der Waals surface area contributed by atoms with Crippen LogP contribution in [-0.4, -0.2) is 44.3 Å². The third-order valence-electron chi connectivity index (χ3n) is 5.81. The van der Waals surface area contributed by atoms with Gasteiger partial charge in [-0.15, -0.1) is 0 Å². The van der Waals surface area contributed by atoms with Crippen molar-refractivity contribution in [2.45, 2.75) is 37.8 Å². The first kappa shape index (κ1) is 29.8. The summed E-state index contributed by atoms with van der Waals surface area (Å²) >= 11 is 18.5. The van der Waals surface area contributed by atoms with Crippen molar-refractivity contribution < 1.29 is 18.0 Å². The molecule has 1 N–H and O–H groups in total. The summed E-state index contributed by atoms with van der Waals surface area (Å²) in [5, 5.41) is 3.85. The molecule has 0 spiro atoms. The topological polar surface area (TPSA) is 86.8 Å². The molecule has 0 radical (unpaired) electrons. The Morgan fingerprint density at radius 1 is 0.895 bits per heavy atom. The van der Waals surface area contributed by atoms with Gasteiger partial charge in [-0.1, -0.05) is 66.0 Å². The molecule has 0 aliphatic carbocycles. The van der Waals surface area contributed by atoms with Gasteiger partial charge in [0.1, 0.15) is 12.6 Å². The summed E-state index contributed by atoms with van der Waals surface area (Å²) in [6.07, 6.45) is 0.309. The van der Waals surface area contributed by atoms with E-state index in [0.717, 1.165) is 4.31 Å². The van der Waals surface area contributed by atoms with Gasteiger partial charge >= 0.3 is 0 Å². The molecule has 0 bridgehead atoms. The van der Waals surface area contributed by atoms with Gasteiger partial charge in [-0.05, 0) is 67.4 Å². The number of anilines is 1. The zero-order valence-electron chi connectivity index (χ0n) is 20.9. The molecule has 0 fully saturated rings. The number of carbonyl (C=O) groups is 2. The third kappa shape index (κ3) is 7.20. The van der Waals surface area contributed by atoms with E-state index < -0.39 is 28.5 Å². The van der Waals surface area contributed by atoms with Gasteiger partial charge in [-0.2, -0.15) is 0 Å². The van der Waals surface area contributed by atoms with Gasteiger partial charge in [0.15, 0.2) is 0 Å². The van der Waals surface area contributed by atoms with Crippen molar-refractivity contribution in [3.63, 3.8) is 0 Å². The van der Waals surface area contributed by atoms with Gasteiger partial charge in [-0.25, -0.2) is 8.42 Å². The predicted octanol–water partition coefficient (Wildman–Crippen LogP) is 5.79. The lowest BCUT2D eigenvalue weighted by Crippen LogP contribution is -2.52. The number of halogens is 3. The Kier molecular flexibility index (Phi) is 10.4. The number of nitrogens with zero attached hydrogens (tertiary/aromatic N) is 2. The fourth-order valence-corrected chi connectivity index (χ4v) is 5.83. The first-order valence-electron chi connectivity index (χ1n) is 11.9. The van der Waals surface area contributed by atoms with Gasteiger partial charge in [0, 0.05) is 28.2 Å². The van der Waals surface area contributed by atoms with Crippen LogP contribution >= 0.6 is 34.8 Å². The van der Waals surface area contributed by atoms with Crippen molar-refractivity contribution in [1.29, 1.82) is 0 Å². The molecule has 3 aromatic carbocycles. The highest BCUT2D eigenvalue weighted by atomic mass is 35.5. The minimum Gasteiger partial charge on any atom is -0.355 e. The average molecular weight is 597 g/mol. The van der Waals surface area contributed by atoms with Crippen LogP contribution in [0, 0.1) is 0 Å². The molecule has 3 aromatic rings. The lowest BCUT2D eigenvalue weighted by molar-refractivity contribution is -0.140. The fourth-order valence-electron chi connectivity index (χ4n) is 3.92.